The monoisotopic (exact) mass is 352 g/mol. The fourth-order valence-corrected chi connectivity index (χ4v) is 8.36. The Hall–Kier alpha value is -1.38. The van der Waals surface area contributed by atoms with Crippen molar-refractivity contribution >= 4 is 11.8 Å². The minimum atomic E-state index is -0.169. The standard InChI is InChI=1S/C23H28O3/c1-21-8-5-14(24)11-13(21)3-4-15-17(21)6-9-22(2)20(15)16-12-18(16)23(22)10-7-19(25)26-23/h3-4,11,15-18,20H,5-10,12H2,1-2H3/t15-,16?,17?,18?,20?,21+,22+,23+/m1/s1. The second kappa shape index (κ2) is 4.54. The summed E-state index contributed by atoms with van der Waals surface area (Å²) in [6.07, 6.45) is 13.5. The molecule has 6 aliphatic rings. The summed E-state index contributed by atoms with van der Waals surface area (Å²) in [6.45, 7) is 4.84. The minimum Gasteiger partial charge on any atom is -0.458 e. The third-order valence-corrected chi connectivity index (χ3v) is 9.64. The number of ether oxygens (including phenoxy) is 1. The van der Waals surface area contributed by atoms with Crippen LogP contribution in [0.1, 0.15) is 58.8 Å². The Morgan fingerprint density at radius 3 is 2.69 bits per heavy atom. The molecular formula is C23H28O3. The average Bonchev–Trinajstić information content (AvgIpc) is 3.24. The zero-order valence-corrected chi connectivity index (χ0v) is 15.8. The Kier molecular flexibility index (Phi) is 2.73. The second-order valence-corrected chi connectivity index (χ2v) is 10.4. The van der Waals surface area contributed by atoms with Gasteiger partial charge in [-0.1, -0.05) is 26.0 Å². The second-order valence-electron chi connectivity index (χ2n) is 10.4. The minimum absolute atomic E-state index is 0.0295. The van der Waals surface area contributed by atoms with Crippen molar-refractivity contribution < 1.29 is 14.3 Å². The smallest absolute Gasteiger partial charge is 0.306 e. The molecule has 138 valence electrons. The van der Waals surface area contributed by atoms with Gasteiger partial charge in [0.2, 0.25) is 0 Å². The number of esters is 1. The van der Waals surface area contributed by atoms with Crippen LogP contribution in [0.2, 0.25) is 0 Å². The maximum atomic E-state index is 12.1. The lowest BCUT2D eigenvalue weighted by Crippen LogP contribution is -2.56. The summed E-state index contributed by atoms with van der Waals surface area (Å²) < 4.78 is 6.14. The van der Waals surface area contributed by atoms with Crippen LogP contribution < -0.4 is 0 Å². The van der Waals surface area contributed by atoms with Crippen molar-refractivity contribution in [2.45, 2.75) is 64.4 Å². The van der Waals surface area contributed by atoms with Crippen molar-refractivity contribution in [1.82, 2.24) is 0 Å². The normalized spacial score (nSPS) is 56.4. The Morgan fingerprint density at radius 1 is 1.08 bits per heavy atom. The lowest BCUT2D eigenvalue weighted by atomic mass is 9.47. The van der Waals surface area contributed by atoms with Gasteiger partial charge in [-0.05, 0) is 72.8 Å². The molecule has 0 radical (unpaired) electrons. The van der Waals surface area contributed by atoms with Crippen LogP contribution in [0.15, 0.2) is 23.8 Å². The van der Waals surface area contributed by atoms with Crippen molar-refractivity contribution in [2.24, 2.45) is 40.4 Å². The maximum absolute atomic E-state index is 12.1. The first-order chi connectivity index (χ1) is 12.4. The van der Waals surface area contributed by atoms with E-state index in [0.717, 1.165) is 18.8 Å². The van der Waals surface area contributed by atoms with Crippen LogP contribution in [0.5, 0.6) is 0 Å². The number of carbonyl (C=O) groups excluding carboxylic acids is 2. The van der Waals surface area contributed by atoms with Gasteiger partial charge in [-0.2, -0.15) is 0 Å². The molecule has 1 heterocycles. The fourth-order valence-electron chi connectivity index (χ4n) is 8.36. The first-order valence-corrected chi connectivity index (χ1v) is 10.5. The first-order valence-electron chi connectivity index (χ1n) is 10.5. The van der Waals surface area contributed by atoms with E-state index in [0.29, 0.717) is 42.3 Å². The van der Waals surface area contributed by atoms with Gasteiger partial charge >= 0.3 is 5.97 Å². The third kappa shape index (κ3) is 1.59. The Balaban J connectivity index is 1.44. The molecule has 0 N–H and O–H groups in total. The summed E-state index contributed by atoms with van der Waals surface area (Å²) in [6, 6.07) is 0. The topological polar surface area (TPSA) is 43.4 Å². The van der Waals surface area contributed by atoms with E-state index in [9.17, 15) is 9.59 Å². The molecule has 0 aromatic rings. The molecular weight excluding hydrogens is 324 g/mol. The van der Waals surface area contributed by atoms with E-state index in [1.54, 1.807) is 0 Å². The number of allylic oxidation sites excluding steroid dienone is 4. The van der Waals surface area contributed by atoms with Gasteiger partial charge in [-0.3, -0.25) is 9.59 Å². The van der Waals surface area contributed by atoms with E-state index in [1.165, 1.54) is 24.8 Å². The molecule has 1 aliphatic heterocycles. The lowest BCUT2D eigenvalue weighted by molar-refractivity contribution is -0.172. The summed E-state index contributed by atoms with van der Waals surface area (Å²) in [5, 5.41) is 0. The van der Waals surface area contributed by atoms with Crippen LogP contribution >= 0.6 is 0 Å². The zero-order chi connectivity index (χ0) is 17.9. The predicted molar refractivity (Wildman–Crippen MR) is 97.0 cm³/mol. The highest BCUT2D eigenvalue weighted by molar-refractivity contribution is 5.92. The molecule has 3 nitrogen and oxygen atoms in total. The van der Waals surface area contributed by atoms with E-state index in [4.69, 9.17) is 4.74 Å². The highest BCUT2D eigenvalue weighted by Gasteiger charge is 2.78. The van der Waals surface area contributed by atoms with Crippen molar-refractivity contribution in [3.8, 4) is 0 Å². The molecule has 6 rings (SSSR count). The number of ketones is 1. The van der Waals surface area contributed by atoms with Gasteiger partial charge in [0.05, 0.1) is 0 Å². The molecule has 1 spiro atoms. The third-order valence-electron chi connectivity index (χ3n) is 9.64. The van der Waals surface area contributed by atoms with E-state index < -0.39 is 0 Å². The highest BCUT2D eigenvalue weighted by Crippen LogP contribution is 2.78. The van der Waals surface area contributed by atoms with Gasteiger partial charge in [0.1, 0.15) is 5.60 Å². The van der Waals surface area contributed by atoms with Gasteiger partial charge < -0.3 is 4.74 Å². The maximum Gasteiger partial charge on any atom is 0.306 e. The molecule has 0 aromatic carbocycles. The van der Waals surface area contributed by atoms with Crippen LogP contribution in [0.25, 0.3) is 0 Å². The largest absolute Gasteiger partial charge is 0.458 e. The summed E-state index contributed by atoms with van der Waals surface area (Å²) >= 11 is 0. The van der Waals surface area contributed by atoms with Crippen LogP contribution in [0.3, 0.4) is 0 Å². The predicted octanol–water partition coefficient (Wildman–Crippen LogP) is 4.23. The SMILES string of the molecule is C[C@]12CCC(=O)C=C1C=C[C@@H]1C2CC[C@@]2(C)C1C1CC1[C@@]21CCC(=O)O1. The molecule has 3 heteroatoms. The average molecular weight is 352 g/mol. The Morgan fingerprint density at radius 2 is 1.92 bits per heavy atom. The number of hydrogen-bond acceptors (Lipinski definition) is 3. The molecule has 0 amide bonds. The number of fused-ring (bicyclic) bond motifs is 9. The van der Waals surface area contributed by atoms with E-state index >= 15 is 0 Å². The van der Waals surface area contributed by atoms with Crippen molar-refractivity contribution in [3.05, 3.63) is 23.8 Å². The number of rotatable bonds is 0. The van der Waals surface area contributed by atoms with Gasteiger partial charge in [0, 0.05) is 24.2 Å². The van der Waals surface area contributed by atoms with Crippen molar-refractivity contribution in [1.29, 1.82) is 0 Å². The van der Waals surface area contributed by atoms with Crippen LogP contribution in [0.4, 0.5) is 0 Å². The van der Waals surface area contributed by atoms with Crippen molar-refractivity contribution in [2.75, 3.05) is 0 Å². The fraction of sp³-hybridized carbons (Fsp3) is 0.739. The molecule has 5 aliphatic carbocycles. The molecule has 8 atom stereocenters. The lowest BCUT2D eigenvalue weighted by Gasteiger charge is -2.58. The summed E-state index contributed by atoms with van der Waals surface area (Å²) in [5.74, 6) is 3.53. The summed E-state index contributed by atoms with van der Waals surface area (Å²) in [4.78, 5) is 24.0. The van der Waals surface area contributed by atoms with Crippen LogP contribution in [0, 0.1) is 40.4 Å². The van der Waals surface area contributed by atoms with Gasteiger partial charge in [-0.15, -0.1) is 0 Å². The van der Waals surface area contributed by atoms with Crippen LogP contribution in [-0.4, -0.2) is 17.4 Å². The molecule has 4 unspecified atom stereocenters. The number of carbonyl (C=O) groups is 2. The molecule has 4 fully saturated rings. The highest BCUT2D eigenvalue weighted by atomic mass is 16.6. The van der Waals surface area contributed by atoms with E-state index in [1.807, 2.05) is 6.08 Å². The Bertz CT molecular complexity index is 793. The molecule has 0 bridgehead atoms. The van der Waals surface area contributed by atoms with Crippen molar-refractivity contribution in [3.63, 3.8) is 0 Å². The van der Waals surface area contributed by atoms with Gasteiger partial charge in [-0.25, -0.2) is 0 Å². The molecule has 1 saturated heterocycles. The summed E-state index contributed by atoms with van der Waals surface area (Å²) in [7, 11) is 0. The molecule has 3 saturated carbocycles. The quantitative estimate of drug-likeness (QED) is 0.613. The zero-order valence-electron chi connectivity index (χ0n) is 15.8. The van der Waals surface area contributed by atoms with Crippen LogP contribution in [-0.2, 0) is 14.3 Å². The first kappa shape index (κ1) is 15.7. The number of hydrogen-bond donors (Lipinski definition) is 0. The van der Waals surface area contributed by atoms with E-state index in [-0.39, 0.29) is 22.4 Å². The van der Waals surface area contributed by atoms with E-state index in [2.05, 4.69) is 26.0 Å². The Labute approximate surface area is 155 Å². The molecule has 0 aromatic heterocycles. The molecule has 26 heavy (non-hydrogen) atoms. The van der Waals surface area contributed by atoms with Gasteiger partial charge in [0.15, 0.2) is 5.78 Å². The summed E-state index contributed by atoms with van der Waals surface area (Å²) in [5.41, 5.74) is 1.39. The van der Waals surface area contributed by atoms with Gasteiger partial charge in [0.25, 0.3) is 0 Å².